The maximum Gasteiger partial charge on any atom is 0.220 e. The molecule has 0 bridgehead atoms. The Morgan fingerprint density at radius 3 is 3.25 bits per heavy atom. The zero-order valence-corrected chi connectivity index (χ0v) is 9.37. The molecule has 2 heterocycles. The first-order valence-electron chi connectivity index (χ1n) is 5.84. The molecule has 2 rings (SSSR count). The number of piperidine rings is 1. The Bertz CT molecular complexity index is 316. The summed E-state index contributed by atoms with van der Waals surface area (Å²) >= 11 is 0. The number of furan rings is 1. The van der Waals surface area contributed by atoms with Crippen molar-refractivity contribution in [2.45, 2.75) is 25.8 Å². The van der Waals surface area contributed by atoms with Crippen molar-refractivity contribution >= 4 is 5.91 Å². The van der Waals surface area contributed by atoms with Gasteiger partial charge < -0.3 is 15.1 Å². The van der Waals surface area contributed by atoms with Crippen molar-refractivity contribution in [3.05, 3.63) is 24.2 Å². The Balaban J connectivity index is 1.67. The van der Waals surface area contributed by atoms with Gasteiger partial charge in [0.25, 0.3) is 0 Å². The minimum absolute atomic E-state index is 0.116. The molecule has 1 saturated heterocycles. The van der Waals surface area contributed by atoms with Gasteiger partial charge in [0.2, 0.25) is 5.91 Å². The fourth-order valence-electron chi connectivity index (χ4n) is 2.03. The normalized spacial score (nSPS) is 20.6. The summed E-state index contributed by atoms with van der Waals surface area (Å²) in [5.74, 6) is 1.41. The second kappa shape index (κ2) is 5.70. The van der Waals surface area contributed by atoms with Crippen LogP contribution in [0.2, 0.25) is 0 Å². The van der Waals surface area contributed by atoms with Crippen LogP contribution in [0.3, 0.4) is 0 Å². The smallest absolute Gasteiger partial charge is 0.220 e. The summed E-state index contributed by atoms with van der Waals surface area (Å²) in [7, 11) is 0. The minimum atomic E-state index is 0.116. The molecule has 2 N–H and O–H groups in total. The molecule has 0 saturated carbocycles. The third-order valence-electron chi connectivity index (χ3n) is 2.91. The van der Waals surface area contributed by atoms with Crippen LogP contribution in [0.4, 0.5) is 0 Å². The third-order valence-corrected chi connectivity index (χ3v) is 2.91. The van der Waals surface area contributed by atoms with Gasteiger partial charge >= 0.3 is 0 Å². The van der Waals surface area contributed by atoms with Gasteiger partial charge in [-0.2, -0.15) is 0 Å². The number of carbonyl (C=O) groups excluding carboxylic acids is 1. The van der Waals surface area contributed by atoms with Gasteiger partial charge in [0, 0.05) is 6.42 Å². The van der Waals surface area contributed by atoms with Crippen molar-refractivity contribution in [1.82, 2.24) is 10.6 Å². The fourth-order valence-corrected chi connectivity index (χ4v) is 2.03. The highest BCUT2D eigenvalue weighted by Crippen LogP contribution is 2.13. The predicted octanol–water partition coefficient (Wildman–Crippen LogP) is 1.29. The number of hydrogen-bond acceptors (Lipinski definition) is 3. The lowest BCUT2D eigenvalue weighted by atomic mass is 9.96. The Morgan fingerprint density at radius 2 is 2.56 bits per heavy atom. The number of carbonyl (C=O) groups is 1. The van der Waals surface area contributed by atoms with Crippen LogP contribution < -0.4 is 10.6 Å². The Labute approximate surface area is 95.4 Å². The van der Waals surface area contributed by atoms with Crippen molar-refractivity contribution in [3.8, 4) is 0 Å². The molecule has 1 aromatic heterocycles. The van der Waals surface area contributed by atoms with E-state index in [9.17, 15) is 4.79 Å². The Kier molecular flexibility index (Phi) is 3.99. The molecule has 0 spiro atoms. The lowest BCUT2D eigenvalue weighted by molar-refractivity contribution is -0.122. The molecule has 0 aliphatic carbocycles. The summed E-state index contributed by atoms with van der Waals surface area (Å²) in [6.45, 7) is 2.55. The summed E-state index contributed by atoms with van der Waals surface area (Å²) in [6, 6.07) is 3.69. The summed E-state index contributed by atoms with van der Waals surface area (Å²) < 4.78 is 5.15. The van der Waals surface area contributed by atoms with Crippen LogP contribution in [0.15, 0.2) is 22.8 Å². The SMILES string of the molecule is O=C(CC1CCCNC1)NCc1ccco1. The predicted molar refractivity (Wildman–Crippen MR) is 60.8 cm³/mol. The maximum absolute atomic E-state index is 11.6. The average molecular weight is 222 g/mol. The van der Waals surface area contributed by atoms with E-state index >= 15 is 0 Å². The average Bonchev–Trinajstić information content (AvgIpc) is 2.81. The molecule has 1 unspecified atom stereocenters. The van der Waals surface area contributed by atoms with E-state index in [1.165, 1.54) is 6.42 Å². The fraction of sp³-hybridized carbons (Fsp3) is 0.583. The second-order valence-corrected chi connectivity index (χ2v) is 4.27. The minimum Gasteiger partial charge on any atom is -0.467 e. The molecule has 88 valence electrons. The van der Waals surface area contributed by atoms with Gasteiger partial charge in [-0.3, -0.25) is 4.79 Å². The van der Waals surface area contributed by atoms with E-state index in [0.717, 1.165) is 25.3 Å². The first kappa shape index (κ1) is 11.2. The lowest BCUT2D eigenvalue weighted by Gasteiger charge is -2.21. The van der Waals surface area contributed by atoms with Gasteiger partial charge in [-0.05, 0) is 44.0 Å². The molecule has 1 fully saturated rings. The molecule has 0 aromatic carbocycles. The van der Waals surface area contributed by atoms with E-state index in [2.05, 4.69) is 10.6 Å². The highest BCUT2D eigenvalue weighted by atomic mass is 16.3. The monoisotopic (exact) mass is 222 g/mol. The van der Waals surface area contributed by atoms with Crippen molar-refractivity contribution in [2.75, 3.05) is 13.1 Å². The molecule has 1 atom stereocenters. The largest absolute Gasteiger partial charge is 0.467 e. The van der Waals surface area contributed by atoms with Crippen molar-refractivity contribution in [2.24, 2.45) is 5.92 Å². The molecule has 0 radical (unpaired) electrons. The number of nitrogens with one attached hydrogen (secondary N) is 2. The first-order chi connectivity index (χ1) is 7.84. The zero-order valence-electron chi connectivity index (χ0n) is 9.37. The van der Waals surface area contributed by atoms with Crippen LogP contribution in [-0.4, -0.2) is 19.0 Å². The quantitative estimate of drug-likeness (QED) is 0.807. The number of amides is 1. The topological polar surface area (TPSA) is 54.3 Å². The molecular weight excluding hydrogens is 204 g/mol. The lowest BCUT2D eigenvalue weighted by Crippen LogP contribution is -2.34. The van der Waals surface area contributed by atoms with Gasteiger partial charge in [0.1, 0.15) is 5.76 Å². The molecule has 1 aliphatic heterocycles. The third kappa shape index (κ3) is 3.38. The molecule has 16 heavy (non-hydrogen) atoms. The van der Waals surface area contributed by atoms with Crippen LogP contribution >= 0.6 is 0 Å². The molecule has 1 amide bonds. The van der Waals surface area contributed by atoms with Crippen LogP contribution in [0, 0.1) is 5.92 Å². The van der Waals surface area contributed by atoms with Gasteiger partial charge in [0.15, 0.2) is 0 Å². The van der Waals surface area contributed by atoms with E-state index in [0.29, 0.717) is 18.9 Å². The van der Waals surface area contributed by atoms with Crippen LogP contribution in [0.5, 0.6) is 0 Å². The zero-order chi connectivity index (χ0) is 11.2. The second-order valence-electron chi connectivity index (χ2n) is 4.27. The summed E-state index contributed by atoms with van der Waals surface area (Å²) in [4.78, 5) is 11.6. The van der Waals surface area contributed by atoms with Crippen molar-refractivity contribution in [3.63, 3.8) is 0 Å². The van der Waals surface area contributed by atoms with E-state index < -0.39 is 0 Å². The standard InChI is InChI=1S/C12H18N2O2/c15-12(7-10-3-1-5-13-8-10)14-9-11-4-2-6-16-11/h2,4,6,10,13H,1,3,5,7-9H2,(H,14,15). The van der Waals surface area contributed by atoms with Gasteiger partial charge in [-0.15, -0.1) is 0 Å². The van der Waals surface area contributed by atoms with E-state index in [1.54, 1.807) is 6.26 Å². The summed E-state index contributed by atoms with van der Waals surface area (Å²) in [5, 5.41) is 6.18. The van der Waals surface area contributed by atoms with Crippen LogP contribution in [0.25, 0.3) is 0 Å². The van der Waals surface area contributed by atoms with Gasteiger partial charge in [0.05, 0.1) is 12.8 Å². The van der Waals surface area contributed by atoms with Crippen molar-refractivity contribution < 1.29 is 9.21 Å². The molecular formula is C12H18N2O2. The number of hydrogen-bond donors (Lipinski definition) is 2. The molecule has 1 aromatic rings. The van der Waals surface area contributed by atoms with Crippen LogP contribution in [0.1, 0.15) is 25.0 Å². The Morgan fingerprint density at radius 1 is 1.62 bits per heavy atom. The highest BCUT2D eigenvalue weighted by Gasteiger charge is 2.16. The summed E-state index contributed by atoms with van der Waals surface area (Å²) in [5.41, 5.74) is 0. The molecule has 4 heteroatoms. The van der Waals surface area contributed by atoms with Gasteiger partial charge in [-0.1, -0.05) is 0 Å². The number of rotatable bonds is 4. The molecule has 1 aliphatic rings. The van der Waals surface area contributed by atoms with E-state index in [-0.39, 0.29) is 5.91 Å². The highest BCUT2D eigenvalue weighted by molar-refractivity contribution is 5.76. The Hall–Kier alpha value is -1.29. The maximum atomic E-state index is 11.6. The van der Waals surface area contributed by atoms with Gasteiger partial charge in [-0.25, -0.2) is 0 Å². The van der Waals surface area contributed by atoms with E-state index in [1.807, 2.05) is 12.1 Å². The summed E-state index contributed by atoms with van der Waals surface area (Å²) in [6.07, 6.45) is 4.57. The van der Waals surface area contributed by atoms with Crippen molar-refractivity contribution in [1.29, 1.82) is 0 Å². The molecule has 4 nitrogen and oxygen atoms in total. The first-order valence-corrected chi connectivity index (χ1v) is 5.84. The van der Waals surface area contributed by atoms with E-state index in [4.69, 9.17) is 4.42 Å². The van der Waals surface area contributed by atoms with Crippen LogP contribution in [-0.2, 0) is 11.3 Å².